The van der Waals surface area contributed by atoms with Crippen molar-refractivity contribution in [2.75, 3.05) is 19.8 Å². The number of nitrogen functional groups attached to an aromatic ring is 1. The molecule has 4 heterocycles. The Balaban J connectivity index is 0.000000167. The Morgan fingerprint density at radius 1 is 1.00 bits per heavy atom. The van der Waals surface area contributed by atoms with Crippen molar-refractivity contribution in [1.82, 2.24) is 34.8 Å². The van der Waals surface area contributed by atoms with E-state index in [0.29, 0.717) is 10.3 Å². The van der Waals surface area contributed by atoms with Crippen LogP contribution >= 0.6 is 34.3 Å². The van der Waals surface area contributed by atoms with Crippen molar-refractivity contribution in [3.05, 3.63) is 34.8 Å². The zero-order valence-corrected chi connectivity index (χ0v) is 16.7. The van der Waals surface area contributed by atoms with Gasteiger partial charge in [0.15, 0.2) is 16.4 Å². The first-order valence-corrected chi connectivity index (χ1v) is 9.39. The molecule has 28 heavy (non-hydrogen) atoms. The number of aromatic amines is 3. The molecule has 4 rings (SSSR count). The Morgan fingerprint density at radius 3 is 2.25 bits per heavy atom. The predicted octanol–water partition coefficient (Wildman–Crippen LogP) is 0.509. The Bertz CT molecular complexity index is 1350. The molecule has 0 aliphatic carbocycles. The third kappa shape index (κ3) is 4.41. The molecule has 5 N–H and O–H groups in total. The summed E-state index contributed by atoms with van der Waals surface area (Å²) in [5.41, 5.74) is 5.52. The van der Waals surface area contributed by atoms with Crippen LogP contribution in [0.2, 0.25) is 5.15 Å². The number of thiazole rings is 2. The van der Waals surface area contributed by atoms with Crippen LogP contribution in [0.3, 0.4) is 0 Å². The van der Waals surface area contributed by atoms with Crippen LogP contribution in [0.25, 0.3) is 20.7 Å². The number of nitrogens with zero attached hydrogens (tertiary/aromatic N) is 5. The molecule has 0 atom stereocenters. The number of rotatable bonds is 2. The van der Waals surface area contributed by atoms with Gasteiger partial charge in [-0.2, -0.15) is 15.0 Å². The molecule has 0 saturated heterocycles. The zero-order valence-electron chi connectivity index (χ0n) is 14.3. The van der Waals surface area contributed by atoms with Crippen LogP contribution < -0.4 is 21.0 Å². The van der Waals surface area contributed by atoms with Crippen LogP contribution in [0.5, 0.6) is 0 Å². The summed E-state index contributed by atoms with van der Waals surface area (Å²) >= 11 is 7.70. The standard InChI is InChI=1S/C8H8ClN5OS.C5H4N4O2S/c1-14(2)3-10-7-11-5(9)4-6(12-7)13-8(15)16-4;6-4-7-2-1(3(10)9-4)12-5(11)8-2/h3H,1-2H3,(H,11,12,13,15);(H4,6,7,8,9,10,11). The summed E-state index contributed by atoms with van der Waals surface area (Å²) in [6.45, 7) is 0. The third-order valence-electron chi connectivity index (χ3n) is 2.94. The molecular formula is C13H12ClN9O3S2. The number of hydrogen-bond acceptors (Lipinski definition) is 10. The average Bonchev–Trinajstić information content (AvgIpc) is 3.15. The largest absolute Gasteiger partial charge is 0.369 e. The molecule has 146 valence electrons. The Kier molecular flexibility index (Phi) is 5.53. The van der Waals surface area contributed by atoms with Crippen LogP contribution in [-0.4, -0.2) is 55.2 Å². The van der Waals surface area contributed by atoms with Crippen LogP contribution in [0.4, 0.5) is 11.9 Å². The summed E-state index contributed by atoms with van der Waals surface area (Å²) in [6.07, 6.45) is 1.56. The molecule has 0 spiro atoms. The number of aliphatic imine (C=N–C) groups is 1. The van der Waals surface area contributed by atoms with Crippen molar-refractivity contribution in [2.24, 2.45) is 4.99 Å². The molecule has 0 radical (unpaired) electrons. The van der Waals surface area contributed by atoms with Crippen molar-refractivity contribution in [3.8, 4) is 0 Å². The van der Waals surface area contributed by atoms with E-state index in [0.717, 1.165) is 22.7 Å². The number of anilines is 1. The molecular weight excluding hydrogens is 430 g/mol. The van der Waals surface area contributed by atoms with Crippen LogP contribution in [0.15, 0.2) is 19.4 Å². The number of nitrogens with two attached hydrogens (primary N) is 1. The minimum atomic E-state index is -0.388. The highest BCUT2D eigenvalue weighted by molar-refractivity contribution is 7.17. The monoisotopic (exact) mass is 441 g/mol. The molecule has 0 amide bonds. The van der Waals surface area contributed by atoms with Gasteiger partial charge in [-0.3, -0.25) is 29.3 Å². The van der Waals surface area contributed by atoms with Crippen molar-refractivity contribution < 1.29 is 0 Å². The maximum absolute atomic E-state index is 11.1. The molecule has 12 nitrogen and oxygen atoms in total. The first-order chi connectivity index (χ1) is 13.2. The van der Waals surface area contributed by atoms with E-state index in [1.54, 1.807) is 11.2 Å². The second-order valence-corrected chi connectivity index (χ2v) is 7.68. The molecule has 0 unspecified atom stereocenters. The van der Waals surface area contributed by atoms with E-state index in [2.05, 4.69) is 34.9 Å². The lowest BCUT2D eigenvalue weighted by atomic mass is 10.6. The molecule has 15 heteroatoms. The average molecular weight is 442 g/mol. The van der Waals surface area contributed by atoms with Crippen molar-refractivity contribution in [1.29, 1.82) is 0 Å². The van der Waals surface area contributed by atoms with Gasteiger partial charge in [0.2, 0.25) is 5.95 Å². The number of aromatic nitrogens is 6. The molecule has 0 bridgehead atoms. The fourth-order valence-corrected chi connectivity index (χ4v) is 3.51. The van der Waals surface area contributed by atoms with E-state index in [9.17, 15) is 14.4 Å². The normalized spacial score (nSPS) is 11.1. The minimum Gasteiger partial charge on any atom is -0.369 e. The SMILES string of the molecule is CN(C)C=Nc1nc(Cl)c2sc(=O)[nH]c2n1.Nc1nc2[nH]c(=O)sc2c(=O)[nH]1. The lowest BCUT2D eigenvalue weighted by molar-refractivity contribution is 0.642. The van der Waals surface area contributed by atoms with E-state index >= 15 is 0 Å². The Labute approximate surface area is 167 Å². The number of halogens is 1. The Morgan fingerprint density at radius 2 is 1.61 bits per heavy atom. The predicted molar refractivity (Wildman–Crippen MR) is 110 cm³/mol. The number of hydrogen-bond donors (Lipinski definition) is 4. The van der Waals surface area contributed by atoms with E-state index in [-0.39, 0.29) is 42.7 Å². The lowest BCUT2D eigenvalue weighted by Crippen LogP contribution is -2.09. The summed E-state index contributed by atoms with van der Waals surface area (Å²) in [7, 11) is 3.66. The summed E-state index contributed by atoms with van der Waals surface area (Å²) in [5.74, 6) is 0.224. The summed E-state index contributed by atoms with van der Waals surface area (Å²) in [5, 5.41) is 0.235. The van der Waals surface area contributed by atoms with E-state index in [1.165, 1.54) is 0 Å². The second-order valence-electron chi connectivity index (χ2n) is 5.36. The summed E-state index contributed by atoms with van der Waals surface area (Å²) in [6, 6.07) is 0. The first kappa shape index (κ1) is 19.7. The quantitative estimate of drug-likeness (QED) is 0.197. The number of fused-ring (bicyclic) bond motifs is 2. The number of H-pyrrole nitrogens is 3. The van der Waals surface area contributed by atoms with Gasteiger partial charge in [0.1, 0.15) is 9.40 Å². The molecule has 0 saturated carbocycles. The topological polar surface area (TPSA) is 179 Å². The van der Waals surface area contributed by atoms with Gasteiger partial charge in [0, 0.05) is 14.1 Å². The Hall–Kier alpha value is -3.10. The van der Waals surface area contributed by atoms with E-state index in [1.807, 2.05) is 14.1 Å². The lowest BCUT2D eigenvalue weighted by Gasteiger charge is -2.01. The molecule has 0 aliphatic heterocycles. The van der Waals surface area contributed by atoms with Gasteiger partial charge in [0.25, 0.3) is 11.5 Å². The highest BCUT2D eigenvalue weighted by atomic mass is 35.5. The van der Waals surface area contributed by atoms with E-state index in [4.69, 9.17) is 17.3 Å². The van der Waals surface area contributed by atoms with Gasteiger partial charge in [-0.05, 0) is 0 Å². The van der Waals surface area contributed by atoms with Crippen LogP contribution in [0.1, 0.15) is 0 Å². The van der Waals surface area contributed by atoms with Crippen LogP contribution in [-0.2, 0) is 0 Å². The maximum atomic E-state index is 11.1. The second kappa shape index (κ2) is 7.87. The van der Waals surface area contributed by atoms with Gasteiger partial charge in [0.05, 0.1) is 6.34 Å². The van der Waals surface area contributed by atoms with Crippen molar-refractivity contribution in [3.63, 3.8) is 0 Å². The summed E-state index contributed by atoms with van der Waals surface area (Å²) in [4.78, 5) is 57.2. The zero-order chi connectivity index (χ0) is 20.4. The van der Waals surface area contributed by atoms with Crippen LogP contribution in [0, 0.1) is 0 Å². The first-order valence-electron chi connectivity index (χ1n) is 7.38. The van der Waals surface area contributed by atoms with Crippen molar-refractivity contribution in [2.45, 2.75) is 0 Å². The third-order valence-corrected chi connectivity index (χ3v) is 5.08. The molecule has 0 fully saturated rings. The number of nitrogens with one attached hydrogen (secondary N) is 3. The highest BCUT2D eigenvalue weighted by Crippen LogP contribution is 2.23. The van der Waals surface area contributed by atoms with Gasteiger partial charge in [-0.25, -0.2) is 4.99 Å². The molecule has 0 aromatic carbocycles. The van der Waals surface area contributed by atoms with Gasteiger partial charge >= 0.3 is 9.75 Å². The molecule has 4 aromatic heterocycles. The smallest absolute Gasteiger partial charge is 0.306 e. The van der Waals surface area contributed by atoms with Gasteiger partial charge < -0.3 is 10.6 Å². The van der Waals surface area contributed by atoms with Crippen molar-refractivity contribution >= 4 is 73.2 Å². The highest BCUT2D eigenvalue weighted by Gasteiger charge is 2.08. The van der Waals surface area contributed by atoms with Gasteiger partial charge in [-0.15, -0.1) is 0 Å². The van der Waals surface area contributed by atoms with Gasteiger partial charge in [-0.1, -0.05) is 34.3 Å². The minimum absolute atomic E-state index is 0.00144. The molecule has 4 aromatic rings. The fraction of sp³-hybridized carbons (Fsp3) is 0.154. The molecule has 0 aliphatic rings. The fourth-order valence-electron chi connectivity index (χ4n) is 1.90. The van der Waals surface area contributed by atoms with E-state index < -0.39 is 0 Å². The summed E-state index contributed by atoms with van der Waals surface area (Å²) < 4.78 is 0.824. The maximum Gasteiger partial charge on any atom is 0.306 e.